The fraction of sp³-hybridized carbons (Fsp3) is 0.294. The number of nitro groups is 1. The summed E-state index contributed by atoms with van der Waals surface area (Å²) in [6, 6.07) is 9.43. The molecule has 1 N–H and O–H groups in total. The summed E-state index contributed by atoms with van der Waals surface area (Å²) < 4.78 is 9.48. The molecule has 0 aliphatic carbocycles. The molecule has 0 saturated carbocycles. The Hall–Kier alpha value is -3.36. The molecule has 0 radical (unpaired) electrons. The van der Waals surface area contributed by atoms with Crippen LogP contribution in [-0.4, -0.2) is 36.5 Å². The second-order valence-corrected chi connectivity index (χ2v) is 5.24. The molecule has 0 saturated heterocycles. The first-order chi connectivity index (χ1) is 12.4. The number of rotatable bonds is 8. The zero-order valence-electron chi connectivity index (χ0n) is 14.4. The quantitative estimate of drug-likeness (QED) is 0.437. The van der Waals surface area contributed by atoms with E-state index in [1.807, 2.05) is 12.1 Å². The summed E-state index contributed by atoms with van der Waals surface area (Å²) >= 11 is 0. The van der Waals surface area contributed by atoms with Crippen LogP contribution < -0.4 is 10.2 Å². The molecular formula is C17H19N3O6. The molecule has 0 fully saturated rings. The summed E-state index contributed by atoms with van der Waals surface area (Å²) in [5.41, 5.74) is 1.61. The van der Waals surface area contributed by atoms with Gasteiger partial charge in [0, 0.05) is 24.5 Å². The molecular weight excluding hydrogens is 342 g/mol. The highest BCUT2D eigenvalue weighted by molar-refractivity contribution is 5.94. The molecule has 1 heterocycles. The Kier molecular flexibility index (Phi) is 6.31. The van der Waals surface area contributed by atoms with Crippen LogP contribution in [0, 0.1) is 10.1 Å². The molecule has 2 aromatic rings. The van der Waals surface area contributed by atoms with Crippen molar-refractivity contribution >= 4 is 29.1 Å². The smallest absolute Gasteiger partial charge is 0.433 e. The number of esters is 1. The van der Waals surface area contributed by atoms with Crippen molar-refractivity contribution in [3.8, 4) is 0 Å². The van der Waals surface area contributed by atoms with Crippen LogP contribution in [0.25, 0.3) is 0 Å². The number of carbonyl (C=O) groups is 2. The van der Waals surface area contributed by atoms with Crippen LogP contribution in [0.4, 0.5) is 17.3 Å². The van der Waals surface area contributed by atoms with E-state index >= 15 is 0 Å². The fourth-order valence-electron chi connectivity index (χ4n) is 2.28. The number of nitrogens with zero attached hydrogens (tertiary/aromatic N) is 2. The largest absolute Gasteiger partial charge is 0.450 e. The van der Waals surface area contributed by atoms with Crippen molar-refractivity contribution < 1.29 is 23.7 Å². The molecule has 0 bridgehead atoms. The number of ether oxygens (including phenoxy) is 1. The van der Waals surface area contributed by atoms with E-state index in [1.54, 1.807) is 12.1 Å². The zero-order valence-corrected chi connectivity index (χ0v) is 14.4. The van der Waals surface area contributed by atoms with Gasteiger partial charge in [0.2, 0.25) is 5.76 Å². The topological polar surface area (TPSA) is 115 Å². The monoisotopic (exact) mass is 361 g/mol. The van der Waals surface area contributed by atoms with Gasteiger partial charge in [-0.2, -0.15) is 0 Å². The summed E-state index contributed by atoms with van der Waals surface area (Å²) in [5.74, 6) is -2.40. The van der Waals surface area contributed by atoms with Crippen LogP contribution in [-0.2, 0) is 9.53 Å². The molecule has 0 unspecified atom stereocenters. The van der Waals surface area contributed by atoms with Crippen molar-refractivity contribution in [2.75, 3.05) is 29.9 Å². The van der Waals surface area contributed by atoms with Gasteiger partial charge in [0.05, 0.1) is 6.07 Å². The summed E-state index contributed by atoms with van der Waals surface area (Å²) in [6.07, 6.45) is 0. The average molecular weight is 361 g/mol. The maximum absolute atomic E-state index is 11.9. The third-order valence-corrected chi connectivity index (χ3v) is 3.59. The molecule has 0 aliphatic heterocycles. The normalized spacial score (nSPS) is 10.2. The Morgan fingerprint density at radius 3 is 2.35 bits per heavy atom. The molecule has 138 valence electrons. The number of anilines is 2. The van der Waals surface area contributed by atoms with E-state index in [2.05, 4.69) is 24.1 Å². The van der Waals surface area contributed by atoms with E-state index in [1.165, 1.54) is 0 Å². The molecule has 2 rings (SSSR count). The van der Waals surface area contributed by atoms with Gasteiger partial charge >= 0.3 is 11.9 Å². The van der Waals surface area contributed by atoms with Gasteiger partial charge in [-0.1, -0.05) is 0 Å². The second kappa shape index (κ2) is 8.65. The van der Waals surface area contributed by atoms with Crippen molar-refractivity contribution in [2.24, 2.45) is 0 Å². The minimum absolute atomic E-state index is 0.340. The average Bonchev–Trinajstić information content (AvgIpc) is 3.13. The molecule has 9 heteroatoms. The van der Waals surface area contributed by atoms with Gasteiger partial charge in [-0.15, -0.1) is 0 Å². The number of carbonyl (C=O) groups excluding carboxylic acids is 2. The molecule has 0 atom stereocenters. The minimum atomic E-state index is -0.954. The molecule has 9 nitrogen and oxygen atoms in total. The van der Waals surface area contributed by atoms with E-state index in [4.69, 9.17) is 9.15 Å². The van der Waals surface area contributed by atoms with Crippen molar-refractivity contribution in [1.82, 2.24) is 0 Å². The lowest BCUT2D eigenvalue weighted by Gasteiger charge is -2.21. The van der Waals surface area contributed by atoms with Gasteiger partial charge < -0.3 is 19.4 Å². The van der Waals surface area contributed by atoms with Crippen molar-refractivity contribution in [2.45, 2.75) is 13.8 Å². The van der Waals surface area contributed by atoms with Gasteiger partial charge in [-0.3, -0.25) is 14.9 Å². The summed E-state index contributed by atoms with van der Waals surface area (Å²) in [5, 5.41) is 13.1. The number of amides is 1. The summed E-state index contributed by atoms with van der Waals surface area (Å²) in [7, 11) is 0. The molecule has 1 amide bonds. The first-order valence-corrected chi connectivity index (χ1v) is 8.00. The highest BCUT2D eigenvalue weighted by Crippen LogP contribution is 2.18. The van der Waals surface area contributed by atoms with E-state index < -0.39 is 29.3 Å². The standard InChI is InChI=1S/C17H19N3O6/c1-3-19(4-2)13-7-5-12(6-8-13)18-15(21)11-25-17(22)14-9-10-16(26-14)20(23)24/h5-10H,3-4,11H2,1-2H3,(H,18,21). The predicted molar refractivity (Wildman–Crippen MR) is 94.3 cm³/mol. The maximum atomic E-state index is 11.9. The van der Waals surface area contributed by atoms with Gasteiger partial charge in [-0.25, -0.2) is 4.79 Å². The third-order valence-electron chi connectivity index (χ3n) is 3.59. The highest BCUT2D eigenvalue weighted by atomic mass is 16.7. The predicted octanol–water partition coefficient (Wildman–Crippen LogP) is 2.83. The summed E-state index contributed by atoms with van der Waals surface area (Å²) in [6.45, 7) is 5.33. The van der Waals surface area contributed by atoms with E-state index in [0.717, 1.165) is 30.9 Å². The Labute approximate surface area is 149 Å². The van der Waals surface area contributed by atoms with Crippen molar-refractivity contribution in [3.05, 3.63) is 52.3 Å². The molecule has 0 aliphatic rings. The lowest BCUT2D eigenvalue weighted by atomic mass is 10.2. The number of benzene rings is 1. The second-order valence-electron chi connectivity index (χ2n) is 5.24. The SMILES string of the molecule is CCN(CC)c1ccc(NC(=O)COC(=O)c2ccc([N+](=O)[O-])o2)cc1. The van der Waals surface area contributed by atoms with Gasteiger partial charge in [0.25, 0.3) is 5.91 Å². The van der Waals surface area contributed by atoms with Crippen LogP contribution in [0.15, 0.2) is 40.8 Å². The van der Waals surface area contributed by atoms with Crippen LogP contribution in [0.1, 0.15) is 24.4 Å². The highest BCUT2D eigenvalue weighted by Gasteiger charge is 2.19. The van der Waals surface area contributed by atoms with E-state index in [-0.39, 0.29) is 5.76 Å². The van der Waals surface area contributed by atoms with Crippen LogP contribution in [0.3, 0.4) is 0 Å². The Morgan fingerprint density at radius 2 is 1.81 bits per heavy atom. The lowest BCUT2D eigenvalue weighted by Crippen LogP contribution is -2.22. The lowest BCUT2D eigenvalue weighted by molar-refractivity contribution is -0.402. The number of hydrogen-bond donors (Lipinski definition) is 1. The molecule has 0 spiro atoms. The summed E-state index contributed by atoms with van der Waals surface area (Å²) in [4.78, 5) is 35.4. The van der Waals surface area contributed by atoms with Gasteiger partial charge in [-0.05, 0) is 44.2 Å². The first kappa shape index (κ1) is 19.0. The molecule has 26 heavy (non-hydrogen) atoms. The number of hydrogen-bond acceptors (Lipinski definition) is 7. The van der Waals surface area contributed by atoms with Crippen LogP contribution in [0.2, 0.25) is 0 Å². The van der Waals surface area contributed by atoms with Crippen LogP contribution >= 0.6 is 0 Å². The van der Waals surface area contributed by atoms with Crippen molar-refractivity contribution in [1.29, 1.82) is 0 Å². The number of nitrogens with one attached hydrogen (secondary N) is 1. The van der Waals surface area contributed by atoms with Gasteiger partial charge in [0.1, 0.15) is 4.92 Å². The zero-order chi connectivity index (χ0) is 19.1. The van der Waals surface area contributed by atoms with E-state index in [0.29, 0.717) is 5.69 Å². The Bertz CT molecular complexity index is 780. The first-order valence-electron chi connectivity index (χ1n) is 8.00. The number of furan rings is 1. The Balaban J connectivity index is 1.86. The van der Waals surface area contributed by atoms with Crippen LogP contribution in [0.5, 0.6) is 0 Å². The maximum Gasteiger partial charge on any atom is 0.433 e. The Morgan fingerprint density at radius 1 is 1.15 bits per heavy atom. The minimum Gasteiger partial charge on any atom is -0.450 e. The third kappa shape index (κ3) is 4.82. The molecule has 1 aromatic heterocycles. The fourth-order valence-corrected chi connectivity index (χ4v) is 2.28. The molecule has 1 aromatic carbocycles. The van der Waals surface area contributed by atoms with E-state index in [9.17, 15) is 19.7 Å². The van der Waals surface area contributed by atoms with Gasteiger partial charge in [0.15, 0.2) is 6.61 Å². The van der Waals surface area contributed by atoms with Crippen molar-refractivity contribution in [3.63, 3.8) is 0 Å².